The van der Waals surface area contributed by atoms with Gasteiger partial charge in [0, 0.05) is 6.61 Å². The lowest BCUT2D eigenvalue weighted by Crippen LogP contribution is -2.54. The number of aliphatic hydroxyl groups excluding tert-OH is 1. The van der Waals surface area contributed by atoms with Crippen LogP contribution in [-0.4, -0.2) is 46.4 Å². The van der Waals surface area contributed by atoms with E-state index in [-0.39, 0.29) is 0 Å². The van der Waals surface area contributed by atoms with Crippen LogP contribution in [0, 0.1) is 0 Å². The van der Waals surface area contributed by atoms with Crippen molar-refractivity contribution in [2.75, 3.05) is 6.61 Å². The van der Waals surface area contributed by atoms with Crippen LogP contribution in [0.3, 0.4) is 0 Å². The number of amides is 1. The molecule has 1 fully saturated rings. The summed E-state index contributed by atoms with van der Waals surface area (Å²) in [6, 6.07) is -1.30. The fourth-order valence-electron chi connectivity index (χ4n) is 1.64. The van der Waals surface area contributed by atoms with Crippen LogP contribution < -0.4 is 5.32 Å². The van der Waals surface area contributed by atoms with Crippen molar-refractivity contribution in [2.45, 2.75) is 44.4 Å². The molecular formula is C10H17NO5. The average Bonchev–Trinajstić information content (AvgIpc) is 2.61. The first-order valence-corrected chi connectivity index (χ1v) is 5.22. The summed E-state index contributed by atoms with van der Waals surface area (Å²) in [4.78, 5) is 22.6. The van der Waals surface area contributed by atoms with Crippen molar-refractivity contribution in [1.29, 1.82) is 0 Å². The molecule has 1 saturated heterocycles. The molecule has 1 aliphatic heterocycles. The van der Waals surface area contributed by atoms with E-state index in [4.69, 9.17) is 9.84 Å². The zero-order valence-electron chi connectivity index (χ0n) is 9.40. The van der Waals surface area contributed by atoms with Crippen LogP contribution in [-0.2, 0) is 14.3 Å². The van der Waals surface area contributed by atoms with Gasteiger partial charge >= 0.3 is 5.97 Å². The second-order valence-corrected chi connectivity index (χ2v) is 4.21. The number of carbonyl (C=O) groups excluding carboxylic acids is 1. The summed E-state index contributed by atoms with van der Waals surface area (Å²) in [6.07, 6.45) is 0.188. The first kappa shape index (κ1) is 12.9. The van der Waals surface area contributed by atoms with Crippen LogP contribution in [0.5, 0.6) is 0 Å². The predicted octanol–water partition coefficient (Wildman–Crippen LogP) is -0.494. The maximum Gasteiger partial charge on any atom is 0.328 e. The smallest absolute Gasteiger partial charge is 0.328 e. The molecule has 0 spiro atoms. The lowest BCUT2D eigenvalue weighted by molar-refractivity contribution is -0.150. The number of aliphatic hydroxyl groups is 1. The van der Waals surface area contributed by atoms with E-state index in [1.165, 1.54) is 6.92 Å². The summed E-state index contributed by atoms with van der Waals surface area (Å²) >= 11 is 0. The molecule has 0 aromatic carbocycles. The van der Waals surface area contributed by atoms with E-state index in [9.17, 15) is 14.7 Å². The molecule has 6 heteroatoms. The first-order valence-electron chi connectivity index (χ1n) is 5.22. The maximum atomic E-state index is 11.8. The lowest BCUT2D eigenvalue weighted by Gasteiger charge is -2.25. The van der Waals surface area contributed by atoms with Gasteiger partial charge in [-0.05, 0) is 26.7 Å². The molecule has 1 aliphatic rings. The fourth-order valence-corrected chi connectivity index (χ4v) is 1.64. The number of carboxylic acids is 1. The Bertz CT molecular complexity index is 283. The fraction of sp³-hybridized carbons (Fsp3) is 0.800. The molecule has 0 radical (unpaired) electrons. The van der Waals surface area contributed by atoms with Crippen molar-refractivity contribution in [3.63, 3.8) is 0 Å². The van der Waals surface area contributed by atoms with E-state index in [1.807, 2.05) is 0 Å². The molecule has 0 saturated carbocycles. The van der Waals surface area contributed by atoms with Crippen LogP contribution in [0.15, 0.2) is 0 Å². The van der Waals surface area contributed by atoms with Crippen molar-refractivity contribution in [2.24, 2.45) is 0 Å². The second-order valence-electron chi connectivity index (χ2n) is 4.21. The summed E-state index contributed by atoms with van der Waals surface area (Å²) in [5.41, 5.74) is -0.970. The third-order valence-electron chi connectivity index (χ3n) is 2.73. The number of carbonyl (C=O) groups is 2. The van der Waals surface area contributed by atoms with Crippen LogP contribution in [0.4, 0.5) is 0 Å². The average molecular weight is 231 g/mol. The molecule has 0 bridgehead atoms. The van der Waals surface area contributed by atoms with Crippen molar-refractivity contribution in [3.05, 3.63) is 0 Å². The Hall–Kier alpha value is -1.14. The molecule has 1 rings (SSSR count). The van der Waals surface area contributed by atoms with Gasteiger partial charge in [-0.1, -0.05) is 0 Å². The number of nitrogens with one attached hydrogen (secondary N) is 1. The zero-order chi connectivity index (χ0) is 12.3. The summed E-state index contributed by atoms with van der Waals surface area (Å²) in [7, 11) is 0. The molecule has 3 N–H and O–H groups in total. The van der Waals surface area contributed by atoms with E-state index in [0.29, 0.717) is 13.0 Å². The monoisotopic (exact) mass is 231 g/mol. The minimum atomic E-state index is -1.30. The Morgan fingerprint density at radius 1 is 1.50 bits per heavy atom. The van der Waals surface area contributed by atoms with Crippen LogP contribution in [0.1, 0.15) is 26.7 Å². The van der Waals surface area contributed by atoms with Gasteiger partial charge in [0.25, 0.3) is 5.91 Å². The molecule has 0 aliphatic carbocycles. The van der Waals surface area contributed by atoms with Gasteiger partial charge in [0.1, 0.15) is 5.60 Å². The highest BCUT2D eigenvalue weighted by Gasteiger charge is 2.40. The van der Waals surface area contributed by atoms with Gasteiger partial charge in [-0.3, -0.25) is 4.79 Å². The number of ether oxygens (including phenoxy) is 1. The van der Waals surface area contributed by atoms with E-state index in [2.05, 4.69) is 5.32 Å². The van der Waals surface area contributed by atoms with Gasteiger partial charge < -0.3 is 20.3 Å². The van der Waals surface area contributed by atoms with Gasteiger partial charge in [-0.15, -0.1) is 0 Å². The SMILES string of the molecule is CC(O)C(NC(=O)C1(C)CCCO1)C(=O)O. The van der Waals surface area contributed by atoms with E-state index in [1.54, 1.807) is 6.92 Å². The predicted molar refractivity (Wildman–Crippen MR) is 54.8 cm³/mol. The Morgan fingerprint density at radius 3 is 2.50 bits per heavy atom. The summed E-state index contributed by atoms with van der Waals surface area (Å²) in [5, 5.41) is 20.3. The van der Waals surface area contributed by atoms with Gasteiger partial charge in [0.2, 0.25) is 0 Å². The molecule has 3 atom stereocenters. The Morgan fingerprint density at radius 2 is 2.12 bits per heavy atom. The number of carboxylic acid groups (broad SMARTS) is 1. The highest BCUT2D eigenvalue weighted by Crippen LogP contribution is 2.25. The van der Waals surface area contributed by atoms with Crippen molar-refractivity contribution in [1.82, 2.24) is 5.32 Å². The standard InChI is InChI=1S/C10H17NO5/c1-6(12)7(8(13)14)11-9(15)10(2)4-3-5-16-10/h6-7,12H,3-5H2,1-2H3,(H,11,15)(H,13,14). The lowest BCUT2D eigenvalue weighted by atomic mass is 10.0. The van der Waals surface area contributed by atoms with Gasteiger partial charge in [0.05, 0.1) is 6.10 Å². The molecule has 0 aromatic rings. The van der Waals surface area contributed by atoms with E-state index in [0.717, 1.165) is 6.42 Å². The summed E-state index contributed by atoms with van der Waals surface area (Å²) in [6.45, 7) is 3.43. The largest absolute Gasteiger partial charge is 0.480 e. The topological polar surface area (TPSA) is 95.9 Å². The number of aliphatic carboxylic acids is 1. The van der Waals surface area contributed by atoms with Crippen LogP contribution in [0.25, 0.3) is 0 Å². The van der Waals surface area contributed by atoms with Crippen molar-refractivity contribution in [3.8, 4) is 0 Å². The summed E-state index contributed by atoms with van der Waals surface area (Å²) in [5.74, 6) is -1.75. The Kier molecular flexibility index (Phi) is 3.88. The number of hydrogen-bond acceptors (Lipinski definition) is 4. The third kappa shape index (κ3) is 2.70. The molecule has 92 valence electrons. The molecule has 3 unspecified atom stereocenters. The van der Waals surface area contributed by atoms with Crippen LogP contribution >= 0.6 is 0 Å². The second kappa shape index (κ2) is 4.80. The van der Waals surface area contributed by atoms with Gasteiger partial charge in [-0.2, -0.15) is 0 Å². The third-order valence-corrected chi connectivity index (χ3v) is 2.73. The minimum Gasteiger partial charge on any atom is -0.480 e. The minimum absolute atomic E-state index is 0.488. The quantitative estimate of drug-likeness (QED) is 0.606. The van der Waals surface area contributed by atoms with Gasteiger partial charge in [0.15, 0.2) is 6.04 Å². The first-order chi connectivity index (χ1) is 7.37. The maximum absolute atomic E-state index is 11.8. The molecule has 0 aromatic heterocycles. The van der Waals surface area contributed by atoms with Gasteiger partial charge in [-0.25, -0.2) is 4.79 Å². The highest BCUT2D eigenvalue weighted by atomic mass is 16.5. The van der Waals surface area contributed by atoms with Crippen molar-refractivity contribution < 1.29 is 24.5 Å². The Labute approximate surface area is 93.6 Å². The molecule has 1 amide bonds. The summed E-state index contributed by atoms with van der Waals surface area (Å²) < 4.78 is 5.28. The number of hydrogen-bond donors (Lipinski definition) is 3. The molecule has 16 heavy (non-hydrogen) atoms. The Balaban J connectivity index is 2.65. The molecule has 1 heterocycles. The zero-order valence-corrected chi connectivity index (χ0v) is 9.40. The molecular weight excluding hydrogens is 214 g/mol. The van der Waals surface area contributed by atoms with E-state index >= 15 is 0 Å². The van der Waals surface area contributed by atoms with Crippen molar-refractivity contribution >= 4 is 11.9 Å². The van der Waals surface area contributed by atoms with Crippen LogP contribution in [0.2, 0.25) is 0 Å². The van der Waals surface area contributed by atoms with E-state index < -0.39 is 29.6 Å². The molecule has 6 nitrogen and oxygen atoms in total. The normalized spacial score (nSPS) is 28.4. The number of rotatable bonds is 4. The highest BCUT2D eigenvalue weighted by molar-refractivity contribution is 5.89.